The summed E-state index contributed by atoms with van der Waals surface area (Å²) in [6.07, 6.45) is -8.11. The average molecular weight is 419 g/mol. The number of hydrogen-bond donors (Lipinski definition) is 0. The van der Waals surface area contributed by atoms with Gasteiger partial charge < -0.3 is 24.1 Å². The standard InChI is InChI=1S/C19H23F3O7/c1-10(2)14(13(15(23)24)19(20,21)22)28-16(25)11-6-8-12(9-7-11)27-17(26)29-18(3,4)5/h6-10,13-14H,1-5H3,(H,23,24)/p-1. The number of carboxylic acids is 1. The van der Waals surface area contributed by atoms with Crippen LogP contribution in [0.15, 0.2) is 24.3 Å². The fourth-order valence-electron chi connectivity index (χ4n) is 2.26. The number of alkyl halides is 3. The Kier molecular flexibility index (Phi) is 7.65. The number of halogens is 3. The fourth-order valence-corrected chi connectivity index (χ4v) is 2.26. The molecule has 1 aromatic carbocycles. The van der Waals surface area contributed by atoms with E-state index in [-0.39, 0.29) is 11.3 Å². The summed E-state index contributed by atoms with van der Waals surface area (Å²) in [5, 5.41) is 11.0. The molecule has 0 fully saturated rings. The van der Waals surface area contributed by atoms with Crippen LogP contribution in [0.1, 0.15) is 45.0 Å². The molecule has 0 saturated carbocycles. The molecule has 0 aliphatic heterocycles. The summed E-state index contributed by atoms with van der Waals surface area (Å²) in [7, 11) is 0. The molecule has 0 bridgehead atoms. The maximum Gasteiger partial charge on any atom is 0.514 e. The van der Waals surface area contributed by atoms with E-state index in [9.17, 15) is 32.7 Å². The number of carboxylic acid groups (broad SMARTS) is 1. The third-order valence-corrected chi connectivity index (χ3v) is 3.52. The molecule has 0 aliphatic rings. The highest BCUT2D eigenvalue weighted by Crippen LogP contribution is 2.33. The lowest BCUT2D eigenvalue weighted by Gasteiger charge is -2.31. The highest BCUT2D eigenvalue weighted by molar-refractivity contribution is 5.90. The van der Waals surface area contributed by atoms with Gasteiger partial charge in [-0.2, -0.15) is 13.2 Å². The molecule has 7 nitrogen and oxygen atoms in total. The Morgan fingerprint density at radius 1 is 1.00 bits per heavy atom. The van der Waals surface area contributed by atoms with Crippen molar-refractivity contribution in [2.75, 3.05) is 0 Å². The first-order valence-corrected chi connectivity index (χ1v) is 8.61. The number of aliphatic carboxylic acids is 1. The Bertz CT molecular complexity index is 734. The van der Waals surface area contributed by atoms with Gasteiger partial charge >= 0.3 is 18.3 Å². The van der Waals surface area contributed by atoms with Gasteiger partial charge in [0.05, 0.1) is 11.5 Å². The minimum Gasteiger partial charge on any atom is -0.549 e. The zero-order chi connectivity index (χ0) is 22.6. The van der Waals surface area contributed by atoms with E-state index in [2.05, 4.69) is 0 Å². The van der Waals surface area contributed by atoms with Crippen LogP contribution in [0.5, 0.6) is 5.75 Å². The second-order valence-corrected chi connectivity index (χ2v) is 7.54. The number of hydrogen-bond acceptors (Lipinski definition) is 7. The molecule has 1 rings (SSSR count). The van der Waals surface area contributed by atoms with E-state index in [0.717, 1.165) is 12.1 Å². The van der Waals surface area contributed by atoms with Crippen LogP contribution in [-0.2, 0) is 14.3 Å². The zero-order valence-electron chi connectivity index (χ0n) is 16.5. The van der Waals surface area contributed by atoms with Crippen LogP contribution < -0.4 is 9.84 Å². The molecule has 2 atom stereocenters. The van der Waals surface area contributed by atoms with Crippen LogP contribution in [0.2, 0.25) is 0 Å². The minimum absolute atomic E-state index is 0.0270. The Morgan fingerprint density at radius 2 is 1.52 bits per heavy atom. The van der Waals surface area contributed by atoms with Crippen molar-refractivity contribution < 1.29 is 46.9 Å². The van der Waals surface area contributed by atoms with Crippen LogP contribution in [0.3, 0.4) is 0 Å². The van der Waals surface area contributed by atoms with Gasteiger partial charge in [0.25, 0.3) is 0 Å². The SMILES string of the molecule is CC(C)C(OC(=O)c1ccc(OC(=O)OC(C)(C)C)cc1)C(C(=O)[O-])C(F)(F)F. The Morgan fingerprint density at radius 3 is 1.90 bits per heavy atom. The molecular formula is C19H22F3O7-. The van der Waals surface area contributed by atoms with E-state index >= 15 is 0 Å². The molecule has 10 heteroatoms. The van der Waals surface area contributed by atoms with Crippen LogP contribution in [0.25, 0.3) is 0 Å². The maximum atomic E-state index is 13.1. The normalized spacial score (nSPS) is 14.1. The third kappa shape index (κ3) is 7.63. The summed E-state index contributed by atoms with van der Waals surface area (Å²) in [5.41, 5.74) is -0.938. The minimum atomic E-state index is -5.15. The van der Waals surface area contributed by atoms with Gasteiger partial charge in [-0.05, 0) is 51.0 Å². The summed E-state index contributed by atoms with van der Waals surface area (Å²) in [6.45, 7) is 7.49. The largest absolute Gasteiger partial charge is 0.549 e. The highest BCUT2D eigenvalue weighted by Gasteiger charge is 2.48. The van der Waals surface area contributed by atoms with E-state index in [4.69, 9.17) is 14.2 Å². The zero-order valence-corrected chi connectivity index (χ0v) is 16.5. The van der Waals surface area contributed by atoms with Crippen molar-refractivity contribution in [3.05, 3.63) is 29.8 Å². The summed E-state index contributed by atoms with van der Waals surface area (Å²) < 4.78 is 53.9. The molecule has 2 unspecified atom stereocenters. The first-order chi connectivity index (χ1) is 13.1. The van der Waals surface area contributed by atoms with Crippen LogP contribution >= 0.6 is 0 Å². The molecule has 0 N–H and O–H groups in total. The first-order valence-electron chi connectivity index (χ1n) is 8.61. The van der Waals surface area contributed by atoms with Gasteiger partial charge in [-0.25, -0.2) is 9.59 Å². The van der Waals surface area contributed by atoms with Gasteiger partial charge in [-0.3, -0.25) is 0 Å². The van der Waals surface area contributed by atoms with Crippen molar-refractivity contribution in [1.29, 1.82) is 0 Å². The van der Waals surface area contributed by atoms with E-state index in [1.807, 2.05) is 0 Å². The van der Waals surface area contributed by atoms with Crippen molar-refractivity contribution in [3.63, 3.8) is 0 Å². The lowest BCUT2D eigenvalue weighted by Crippen LogP contribution is -2.50. The molecule has 0 saturated heterocycles. The fraction of sp³-hybridized carbons (Fsp3) is 0.526. The van der Waals surface area contributed by atoms with E-state index in [1.54, 1.807) is 20.8 Å². The number of carbonyl (C=O) groups is 3. The maximum absolute atomic E-state index is 13.1. The lowest BCUT2D eigenvalue weighted by molar-refractivity contribution is -0.332. The van der Waals surface area contributed by atoms with Crippen molar-refractivity contribution in [2.24, 2.45) is 11.8 Å². The van der Waals surface area contributed by atoms with Crippen LogP contribution in [0.4, 0.5) is 18.0 Å². The molecule has 1 aromatic rings. The summed E-state index contributed by atoms with van der Waals surface area (Å²) >= 11 is 0. The lowest BCUT2D eigenvalue weighted by atomic mass is 9.92. The van der Waals surface area contributed by atoms with Crippen molar-refractivity contribution in [1.82, 2.24) is 0 Å². The summed E-state index contributed by atoms with van der Waals surface area (Å²) in [6, 6.07) is 4.73. The first kappa shape index (κ1) is 24.3. The number of rotatable bonds is 6. The molecule has 0 heterocycles. The van der Waals surface area contributed by atoms with Crippen LogP contribution in [0, 0.1) is 11.8 Å². The van der Waals surface area contributed by atoms with Gasteiger partial charge in [0.1, 0.15) is 23.4 Å². The topological polar surface area (TPSA) is 102 Å². The van der Waals surface area contributed by atoms with Crippen molar-refractivity contribution >= 4 is 18.1 Å². The smallest absolute Gasteiger partial charge is 0.514 e. The van der Waals surface area contributed by atoms with Crippen LogP contribution in [-0.4, -0.2) is 36.0 Å². The van der Waals surface area contributed by atoms with E-state index in [1.165, 1.54) is 26.0 Å². The number of ether oxygens (including phenoxy) is 3. The van der Waals surface area contributed by atoms with Crippen molar-refractivity contribution in [2.45, 2.75) is 52.5 Å². The molecule has 0 radical (unpaired) electrons. The predicted molar refractivity (Wildman–Crippen MR) is 91.9 cm³/mol. The molecule has 162 valence electrons. The Labute approximate surface area is 165 Å². The Balaban J connectivity index is 2.92. The second kappa shape index (κ2) is 9.15. The van der Waals surface area contributed by atoms with Gasteiger partial charge in [0.2, 0.25) is 0 Å². The monoisotopic (exact) mass is 419 g/mol. The molecule has 29 heavy (non-hydrogen) atoms. The van der Waals surface area contributed by atoms with Gasteiger partial charge in [-0.15, -0.1) is 0 Å². The Hall–Kier alpha value is -2.78. The molecule has 0 spiro atoms. The van der Waals surface area contributed by atoms with Gasteiger partial charge in [0, 0.05) is 0 Å². The highest BCUT2D eigenvalue weighted by atomic mass is 19.4. The molecular weight excluding hydrogens is 397 g/mol. The van der Waals surface area contributed by atoms with E-state index in [0.29, 0.717) is 0 Å². The predicted octanol–water partition coefficient (Wildman–Crippen LogP) is 3.11. The average Bonchev–Trinajstić information content (AvgIpc) is 2.51. The molecule has 0 aromatic heterocycles. The number of esters is 1. The number of benzene rings is 1. The second-order valence-electron chi connectivity index (χ2n) is 7.54. The van der Waals surface area contributed by atoms with E-state index < -0.39 is 47.8 Å². The molecule has 0 aliphatic carbocycles. The summed E-state index contributed by atoms with van der Waals surface area (Å²) in [5.74, 6) is -7.44. The quantitative estimate of drug-likeness (QED) is 0.516. The van der Waals surface area contributed by atoms with Crippen molar-refractivity contribution in [3.8, 4) is 5.75 Å². The van der Waals surface area contributed by atoms with Gasteiger partial charge in [-0.1, -0.05) is 13.8 Å². The summed E-state index contributed by atoms with van der Waals surface area (Å²) in [4.78, 5) is 34.8. The third-order valence-electron chi connectivity index (χ3n) is 3.52. The van der Waals surface area contributed by atoms with Gasteiger partial charge in [0.15, 0.2) is 0 Å². The molecule has 0 amide bonds. The number of carbonyl (C=O) groups excluding carboxylic acids is 3.